The summed E-state index contributed by atoms with van der Waals surface area (Å²) in [6, 6.07) is 7.32. The number of rotatable bonds is 2. The number of benzene rings is 1. The molecule has 0 radical (unpaired) electrons. The quantitative estimate of drug-likeness (QED) is 0.789. The van der Waals surface area contributed by atoms with Crippen LogP contribution in [0.5, 0.6) is 0 Å². The molecule has 6 heteroatoms. The van der Waals surface area contributed by atoms with E-state index in [9.17, 15) is 9.59 Å². The van der Waals surface area contributed by atoms with Gasteiger partial charge in [0.1, 0.15) is 0 Å². The Hall–Kier alpha value is -1.95. The molecule has 1 aliphatic rings. The standard InChI is InChI=1S/C12H13N3O2S/c1-8(16)13-9-2-4-10(5-3-9)15-7-6-11(17)14-12(15)18/h2-5H,6-7H2,1H3,(H,13,16)(H,14,17,18). The van der Waals surface area contributed by atoms with E-state index in [2.05, 4.69) is 10.6 Å². The molecular weight excluding hydrogens is 250 g/mol. The van der Waals surface area contributed by atoms with Crippen molar-refractivity contribution in [3.8, 4) is 0 Å². The molecule has 1 heterocycles. The predicted octanol–water partition coefficient (Wildman–Crippen LogP) is 1.26. The van der Waals surface area contributed by atoms with E-state index < -0.39 is 0 Å². The summed E-state index contributed by atoms with van der Waals surface area (Å²) in [5, 5.41) is 5.73. The Morgan fingerprint density at radius 2 is 2.06 bits per heavy atom. The molecule has 1 aliphatic heterocycles. The molecule has 5 nitrogen and oxygen atoms in total. The van der Waals surface area contributed by atoms with E-state index in [0.717, 1.165) is 11.4 Å². The number of amides is 2. The summed E-state index contributed by atoms with van der Waals surface area (Å²) in [4.78, 5) is 23.9. The number of anilines is 2. The van der Waals surface area contributed by atoms with Crippen molar-refractivity contribution >= 4 is 40.5 Å². The molecule has 2 N–H and O–H groups in total. The Bertz CT molecular complexity index is 499. The first-order valence-corrected chi connectivity index (χ1v) is 5.96. The second-order valence-corrected chi connectivity index (χ2v) is 4.37. The largest absolute Gasteiger partial charge is 0.326 e. The van der Waals surface area contributed by atoms with Crippen molar-refractivity contribution in [2.75, 3.05) is 16.8 Å². The van der Waals surface area contributed by atoms with Gasteiger partial charge in [-0.3, -0.25) is 9.59 Å². The second kappa shape index (κ2) is 5.14. The van der Waals surface area contributed by atoms with Crippen LogP contribution in [0, 0.1) is 0 Å². The monoisotopic (exact) mass is 263 g/mol. The van der Waals surface area contributed by atoms with Gasteiger partial charge in [-0.1, -0.05) is 0 Å². The molecule has 0 aliphatic carbocycles. The van der Waals surface area contributed by atoms with Crippen LogP contribution >= 0.6 is 12.2 Å². The first kappa shape index (κ1) is 12.5. The van der Waals surface area contributed by atoms with Crippen LogP contribution < -0.4 is 15.5 Å². The number of carbonyl (C=O) groups excluding carboxylic acids is 2. The minimum absolute atomic E-state index is 0.0499. The lowest BCUT2D eigenvalue weighted by Gasteiger charge is -2.29. The second-order valence-electron chi connectivity index (χ2n) is 3.98. The third-order valence-electron chi connectivity index (χ3n) is 2.55. The first-order chi connectivity index (χ1) is 8.56. The van der Waals surface area contributed by atoms with E-state index in [1.165, 1.54) is 6.92 Å². The summed E-state index contributed by atoms with van der Waals surface area (Å²) < 4.78 is 0. The summed E-state index contributed by atoms with van der Waals surface area (Å²) >= 11 is 5.11. The zero-order valence-electron chi connectivity index (χ0n) is 9.90. The lowest BCUT2D eigenvalue weighted by atomic mass is 10.2. The molecule has 2 rings (SSSR count). The van der Waals surface area contributed by atoms with Crippen LogP contribution in [0.25, 0.3) is 0 Å². The highest BCUT2D eigenvalue weighted by molar-refractivity contribution is 7.80. The van der Waals surface area contributed by atoms with E-state index in [4.69, 9.17) is 12.2 Å². The number of nitrogens with zero attached hydrogens (tertiary/aromatic N) is 1. The lowest BCUT2D eigenvalue weighted by Crippen LogP contribution is -2.49. The topological polar surface area (TPSA) is 61.4 Å². The van der Waals surface area contributed by atoms with Gasteiger partial charge >= 0.3 is 0 Å². The average molecular weight is 263 g/mol. The fourth-order valence-corrected chi connectivity index (χ4v) is 2.05. The van der Waals surface area contributed by atoms with E-state index in [1.807, 2.05) is 17.0 Å². The molecule has 1 aromatic carbocycles. The number of hydrogen-bond acceptors (Lipinski definition) is 3. The Morgan fingerprint density at radius 3 is 2.61 bits per heavy atom. The number of thiocarbonyl (C=S) groups is 1. The third-order valence-corrected chi connectivity index (χ3v) is 2.88. The van der Waals surface area contributed by atoms with Crippen LogP contribution in [0.15, 0.2) is 24.3 Å². The third kappa shape index (κ3) is 2.84. The minimum Gasteiger partial charge on any atom is -0.326 e. The minimum atomic E-state index is -0.108. The molecule has 94 valence electrons. The van der Waals surface area contributed by atoms with Gasteiger partial charge in [0.15, 0.2) is 5.11 Å². The predicted molar refractivity (Wildman–Crippen MR) is 73.4 cm³/mol. The van der Waals surface area contributed by atoms with Crippen LogP contribution in [-0.4, -0.2) is 23.5 Å². The van der Waals surface area contributed by atoms with Crippen molar-refractivity contribution in [1.29, 1.82) is 0 Å². The van der Waals surface area contributed by atoms with E-state index in [1.54, 1.807) is 12.1 Å². The highest BCUT2D eigenvalue weighted by Crippen LogP contribution is 2.19. The number of hydrogen-bond donors (Lipinski definition) is 2. The molecule has 18 heavy (non-hydrogen) atoms. The van der Waals surface area contributed by atoms with Crippen LogP contribution in [0.2, 0.25) is 0 Å². The molecule has 2 amide bonds. The summed E-state index contributed by atoms with van der Waals surface area (Å²) in [5.41, 5.74) is 1.63. The van der Waals surface area contributed by atoms with Gasteiger partial charge in [-0.2, -0.15) is 0 Å². The Balaban J connectivity index is 2.12. The van der Waals surface area contributed by atoms with Crippen molar-refractivity contribution in [1.82, 2.24) is 5.32 Å². The maximum atomic E-state index is 11.2. The van der Waals surface area contributed by atoms with E-state index in [0.29, 0.717) is 18.1 Å². The van der Waals surface area contributed by atoms with Gasteiger partial charge in [0.25, 0.3) is 0 Å². The smallest absolute Gasteiger partial charge is 0.227 e. The van der Waals surface area contributed by atoms with Crippen molar-refractivity contribution in [3.63, 3.8) is 0 Å². The van der Waals surface area contributed by atoms with Crippen LogP contribution in [0.1, 0.15) is 13.3 Å². The molecule has 0 aromatic heterocycles. The van der Waals surface area contributed by atoms with Crippen molar-refractivity contribution in [2.24, 2.45) is 0 Å². The summed E-state index contributed by atoms with van der Waals surface area (Å²) in [6.45, 7) is 2.04. The maximum absolute atomic E-state index is 11.2. The van der Waals surface area contributed by atoms with Crippen LogP contribution in [0.4, 0.5) is 11.4 Å². The summed E-state index contributed by atoms with van der Waals surface area (Å²) in [7, 11) is 0. The molecule has 1 saturated heterocycles. The summed E-state index contributed by atoms with van der Waals surface area (Å²) in [5.74, 6) is -0.158. The molecular formula is C12H13N3O2S. The van der Waals surface area contributed by atoms with Crippen LogP contribution in [-0.2, 0) is 9.59 Å². The Labute approximate surface area is 110 Å². The first-order valence-electron chi connectivity index (χ1n) is 5.55. The van der Waals surface area contributed by atoms with Gasteiger partial charge in [0, 0.05) is 31.3 Å². The zero-order valence-corrected chi connectivity index (χ0v) is 10.7. The average Bonchev–Trinajstić information content (AvgIpc) is 2.30. The van der Waals surface area contributed by atoms with Gasteiger partial charge < -0.3 is 15.5 Å². The fraction of sp³-hybridized carbons (Fsp3) is 0.250. The van der Waals surface area contributed by atoms with E-state index >= 15 is 0 Å². The molecule has 0 unspecified atom stereocenters. The highest BCUT2D eigenvalue weighted by Gasteiger charge is 2.20. The highest BCUT2D eigenvalue weighted by atomic mass is 32.1. The SMILES string of the molecule is CC(=O)Nc1ccc(N2CCC(=O)NC2=S)cc1. The van der Waals surface area contributed by atoms with Crippen molar-refractivity contribution < 1.29 is 9.59 Å². The normalized spacial score (nSPS) is 15.3. The van der Waals surface area contributed by atoms with Gasteiger partial charge in [-0.05, 0) is 36.5 Å². The Kier molecular flexibility index (Phi) is 3.57. The van der Waals surface area contributed by atoms with Crippen molar-refractivity contribution in [2.45, 2.75) is 13.3 Å². The lowest BCUT2D eigenvalue weighted by molar-refractivity contribution is -0.119. The number of nitrogens with one attached hydrogen (secondary N) is 2. The molecule has 0 saturated carbocycles. The summed E-state index contributed by atoms with van der Waals surface area (Å²) in [6.07, 6.45) is 0.424. The Morgan fingerprint density at radius 1 is 1.39 bits per heavy atom. The molecule has 0 spiro atoms. The maximum Gasteiger partial charge on any atom is 0.227 e. The fourth-order valence-electron chi connectivity index (χ4n) is 1.74. The molecule has 0 atom stereocenters. The zero-order chi connectivity index (χ0) is 13.1. The van der Waals surface area contributed by atoms with Gasteiger partial charge in [0.2, 0.25) is 11.8 Å². The molecule has 1 aromatic rings. The number of carbonyl (C=O) groups is 2. The van der Waals surface area contributed by atoms with Gasteiger partial charge in [0.05, 0.1) is 0 Å². The molecule has 1 fully saturated rings. The molecule has 0 bridgehead atoms. The van der Waals surface area contributed by atoms with Gasteiger partial charge in [-0.15, -0.1) is 0 Å². The van der Waals surface area contributed by atoms with Crippen molar-refractivity contribution in [3.05, 3.63) is 24.3 Å². The van der Waals surface area contributed by atoms with E-state index in [-0.39, 0.29) is 11.8 Å². The van der Waals surface area contributed by atoms with Gasteiger partial charge in [-0.25, -0.2) is 0 Å². The van der Waals surface area contributed by atoms with Crippen LogP contribution in [0.3, 0.4) is 0 Å².